The summed E-state index contributed by atoms with van der Waals surface area (Å²) in [5.74, 6) is -4.11. The summed E-state index contributed by atoms with van der Waals surface area (Å²) in [5.41, 5.74) is -9.66. The second-order valence-electron chi connectivity index (χ2n) is 5.02. The maximum absolute atomic E-state index is 15.3. The van der Waals surface area contributed by atoms with Crippen LogP contribution in [0.4, 0.5) is 22.0 Å². The predicted octanol–water partition coefficient (Wildman–Crippen LogP) is 2.86. The van der Waals surface area contributed by atoms with E-state index in [0.29, 0.717) is 0 Å². The molecule has 0 amide bonds. The molecular weight excluding hydrogens is 298 g/mol. The first-order valence-electron chi connectivity index (χ1n) is 6.69. The van der Waals surface area contributed by atoms with E-state index in [2.05, 4.69) is 4.65 Å². The molecule has 9 heteroatoms. The highest BCUT2D eigenvalue weighted by atomic mass is 19.2. The molecular formula is C12H18BF5O3. The van der Waals surface area contributed by atoms with Gasteiger partial charge in [-0.15, -0.1) is 0 Å². The van der Waals surface area contributed by atoms with Gasteiger partial charge in [0.1, 0.15) is 5.60 Å². The summed E-state index contributed by atoms with van der Waals surface area (Å²) in [7, 11) is -2.68. The summed E-state index contributed by atoms with van der Waals surface area (Å²) in [6.45, 7) is 3.35. The number of hydrogen-bond donors (Lipinski definition) is 2. The van der Waals surface area contributed by atoms with Crippen molar-refractivity contribution in [2.24, 2.45) is 0 Å². The Morgan fingerprint density at radius 3 is 1.95 bits per heavy atom. The molecule has 0 aromatic heterocycles. The maximum Gasteiger partial charge on any atom is 0.634 e. The van der Waals surface area contributed by atoms with Crippen molar-refractivity contribution in [3.63, 3.8) is 0 Å². The van der Waals surface area contributed by atoms with Gasteiger partial charge in [0.2, 0.25) is 0 Å². The molecule has 0 saturated carbocycles. The van der Waals surface area contributed by atoms with Crippen molar-refractivity contribution >= 4 is 7.32 Å². The molecule has 0 heterocycles. The molecule has 0 bridgehead atoms. The van der Waals surface area contributed by atoms with Crippen molar-refractivity contribution < 1.29 is 36.7 Å². The zero-order valence-electron chi connectivity index (χ0n) is 12.0. The third kappa shape index (κ3) is 2.20. The Labute approximate surface area is 120 Å². The van der Waals surface area contributed by atoms with Crippen molar-refractivity contribution in [2.75, 3.05) is 0 Å². The molecule has 4 unspecified atom stereocenters. The Hall–Kier alpha value is -0.665. The van der Waals surface area contributed by atoms with Crippen LogP contribution in [-0.2, 0) is 4.65 Å². The van der Waals surface area contributed by atoms with Crippen LogP contribution in [0.1, 0.15) is 40.0 Å². The summed E-state index contributed by atoms with van der Waals surface area (Å²) >= 11 is 0. The van der Waals surface area contributed by atoms with Gasteiger partial charge >= 0.3 is 7.32 Å². The molecule has 1 rings (SSSR count). The highest BCUT2D eigenvalue weighted by molar-refractivity contribution is 6.32. The molecule has 0 fully saturated rings. The molecule has 0 radical (unpaired) electrons. The van der Waals surface area contributed by atoms with Crippen molar-refractivity contribution in [1.29, 1.82) is 0 Å². The lowest BCUT2D eigenvalue weighted by molar-refractivity contribution is -0.204. The number of alkyl halides is 3. The summed E-state index contributed by atoms with van der Waals surface area (Å²) in [6.07, 6.45) is -5.33. The molecule has 0 saturated heterocycles. The van der Waals surface area contributed by atoms with Crippen molar-refractivity contribution in [1.82, 2.24) is 0 Å². The van der Waals surface area contributed by atoms with Gasteiger partial charge in [-0.25, -0.2) is 22.0 Å². The third-order valence-corrected chi connectivity index (χ3v) is 4.29. The lowest BCUT2D eigenvalue weighted by atomic mass is 9.62. The average Bonchev–Trinajstić information content (AvgIpc) is 2.47. The summed E-state index contributed by atoms with van der Waals surface area (Å²) in [4.78, 5) is 0. The second kappa shape index (κ2) is 5.85. The number of hydrogen-bond acceptors (Lipinski definition) is 3. The fraction of sp³-hybridized carbons (Fsp3) is 0.833. The molecule has 0 spiro atoms. The Morgan fingerprint density at radius 2 is 1.62 bits per heavy atom. The Balaban J connectivity index is 3.71. The Bertz CT molecular complexity index is 435. The zero-order chi connectivity index (χ0) is 16.6. The van der Waals surface area contributed by atoms with Crippen LogP contribution in [0.15, 0.2) is 11.7 Å². The molecule has 0 aromatic carbocycles. The predicted molar refractivity (Wildman–Crippen MR) is 66.7 cm³/mol. The minimum Gasteiger partial charge on any atom is -0.402 e. The maximum atomic E-state index is 15.3. The molecule has 0 aromatic rings. The van der Waals surface area contributed by atoms with Crippen molar-refractivity contribution in [2.45, 2.75) is 63.1 Å². The van der Waals surface area contributed by atoms with Crippen LogP contribution in [0.5, 0.6) is 0 Å². The van der Waals surface area contributed by atoms with E-state index >= 15 is 4.39 Å². The number of rotatable bonds is 5. The zero-order valence-corrected chi connectivity index (χ0v) is 12.0. The molecule has 0 aliphatic heterocycles. The van der Waals surface area contributed by atoms with E-state index in [1.165, 1.54) is 0 Å². The molecule has 21 heavy (non-hydrogen) atoms. The largest absolute Gasteiger partial charge is 0.634 e. The normalized spacial score (nSPS) is 40.6. The van der Waals surface area contributed by atoms with Gasteiger partial charge in [0.25, 0.3) is 0 Å². The smallest absolute Gasteiger partial charge is 0.402 e. The highest BCUT2D eigenvalue weighted by Gasteiger charge is 2.74. The van der Waals surface area contributed by atoms with Crippen LogP contribution in [0, 0.1) is 0 Å². The van der Waals surface area contributed by atoms with E-state index < -0.39 is 61.3 Å². The SMILES string of the molecule is CCC1(OB(O)O)C(F)=C(F)C(F)C(F)(CC)C1(F)CC. The van der Waals surface area contributed by atoms with E-state index in [1.54, 1.807) is 0 Å². The van der Waals surface area contributed by atoms with Crippen LogP contribution in [0.25, 0.3) is 0 Å². The molecule has 4 atom stereocenters. The van der Waals surface area contributed by atoms with Gasteiger partial charge in [0.15, 0.2) is 29.2 Å². The molecule has 3 nitrogen and oxygen atoms in total. The first-order valence-corrected chi connectivity index (χ1v) is 6.69. The minimum atomic E-state index is -3.40. The minimum absolute atomic E-state index is 0.660. The van der Waals surface area contributed by atoms with E-state index in [-0.39, 0.29) is 0 Å². The van der Waals surface area contributed by atoms with Gasteiger partial charge in [-0.1, -0.05) is 20.8 Å². The quantitative estimate of drug-likeness (QED) is 0.606. The van der Waals surface area contributed by atoms with E-state index in [0.717, 1.165) is 20.8 Å². The van der Waals surface area contributed by atoms with Crippen LogP contribution >= 0.6 is 0 Å². The fourth-order valence-corrected chi connectivity index (χ4v) is 3.10. The first-order chi connectivity index (χ1) is 9.57. The standard InChI is InChI=1S/C12H18BF5O3/c1-4-10(17)8(15)7(14)9(16)11(5-2,21-13(19)20)12(10,18)6-3/h8,19-20H,4-6H2,1-3H3. The first kappa shape index (κ1) is 18.4. The van der Waals surface area contributed by atoms with Crippen LogP contribution in [0.3, 0.4) is 0 Å². The van der Waals surface area contributed by atoms with Crippen molar-refractivity contribution in [3.8, 4) is 0 Å². The van der Waals surface area contributed by atoms with E-state index in [4.69, 9.17) is 10.0 Å². The topological polar surface area (TPSA) is 49.7 Å². The van der Waals surface area contributed by atoms with E-state index in [9.17, 15) is 17.6 Å². The second-order valence-corrected chi connectivity index (χ2v) is 5.02. The fourth-order valence-electron chi connectivity index (χ4n) is 3.10. The van der Waals surface area contributed by atoms with Gasteiger partial charge in [0, 0.05) is 0 Å². The Morgan fingerprint density at radius 1 is 1.10 bits per heavy atom. The van der Waals surface area contributed by atoms with E-state index in [1.807, 2.05) is 0 Å². The molecule has 122 valence electrons. The highest BCUT2D eigenvalue weighted by Crippen LogP contribution is 2.58. The van der Waals surface area contributed by atoms with Gasteiger partial charge in [-0.2, -0.15) is 0 Å². The lowest BCUT2D eigenvalue weighted by Crippen LogP contribution is -2.71. The average molecular weight is 316 g/mol. The van der Waals surface area contributed by atoms with Gasteiger partial charge < -0.3 is 14.7 Å². The van der Waals surface area contributed by atoms with Crippen LogP contribution < -0.4 is 0 Å². The summed E-state index contributed by atoms with van der Waals surface area (Å²) < 4.78 is 76.4. The van der Waals surface area contributed by atoms with Gasteiger partial charge in [-0.05, 0) is 19.3 Å². The monoisotopic (exact) mass is 316 g/mol. The summed E-state index contributed by atoms with van der Waals surface area (Å²) in [5, 5.41) is 17.8. The Kier molecular flexibility index (Phi) is 5.12. The molecule has 2 N–H and O–H groups in total. The van der Waals surface area contributed by atoms with Gasteiger partial charge in [-0.3, -0.25) is 0 Å². The van der Waals surface area contributed by atoms with Crippen LogP contribution in [0.2, 0.25) is 0 Å². The van der Waals surface area contributed by atoms with Crippen molar-refractivity contribution in [3.05, 3.63) is 11.7 Å². The lowest BCUT2D eigenvalue weighted by Gasteiger charge is -2.53. The number of allylic oxidation sites excluding steroid dienone is 1. The van der Waals surface area contributed by atoms with Crippen LogP contribution in [-0.4, -0.2) is 40.5 Å². The molecule has 1 aliphatic rings. The van der Waals surface area contributed by atoms with Gasteiger partial charge in [0.05, 0.1) is 0 Å². The summed E-state index contributed by atoms with van der Waals surface area (Å²) in [6, 6.07) is 0. The third-order valence-electron chi connectivity index (χ3n) is 4.29. The molecule has 1 aliphatic carbocycles. The number of halogens is 5.